The normalized spacial score (nSPS) is 11.4. The van der Waals surface area contributed by atoms with Gasteiger partial charge in [0.15, 0.2) is 0 Å². The lowest BCUT2D eigenvalue weighted by Gasteiger charge is -2.27. The van der Waals surface area contributed by atoms with Gasteiger partial charge in [-0.15, -0.1) is 0 Å². The van der Waals surface area contributed by atoms with Crippen LogP contribution in [0.2, 0.25) is 0 Å². The highest BCUT2D eigenvalue weighted by Crippen LogP contribution is 2.30. The summed E-state index contributed by atoms with van der Waals surface area (Å²) in [7, 11) is -3.69. The Bertz CT molecular complexity index is 1050. The topological polar surface area (TPSA) is 37.4 Å². The Morgan fingerprint density at radius 3 is 2.00 bits per heavy atom. The van der Waals surface area contributed by atoms with Gasteiger partial charge in [0.05, 0.1) is 17.1 Å². The Labute approximate surface area is 162 Å². The van der Waals surface area contributed by atoms with Gasteiger partial charge in [0.25, 0.3) is 10.0 Å². The van der Waals surface area contributed by atoms with Gasteiger partial charge in [0.2, 0.25) is 0 Å². The molecule has 3 aromatic rings. The third kappa shape index (κ3) is 4.06. The molecule has 0 bridgehead atoms. The van der Waals surface area contributed by atoms with Crippen molar-refractivity contribution in [3.63, 3.8) is 0 Å². The highest BCUT2D eigenvalue weighted by molar-refractivity contribution is 7.92. The molecule has 3 aromatic carbocycles. The molecule has 27 heavy (non-hydrogen) atoms. The van der Waals surface area contributed by atoms with Crippen LogP contribution in [0.25, 0.3) is 0 Å². The van der Waals surface area contributed by atoms with Crippen LogP contribution in [0.15, 0.2) is 71.6 Å². The molecule has 0 N–H and O–H groups in total. The predicted molar refractivity (Wildman–Crippen MR) is 112 cm³/mol. The molecule has 0 amide bonds. The summed E-state index contributed by atoms with van der Waals surface area (Å²) in [4.78, 5) is 0.307. The number of hydrogen-bond acceptors (Lipinski definition) is 2. The fraction of sp³-hybridized carbons (Fsp3) is 0.217. The first-order valence-electron chi connectivity index (χ1n) is 9.00. The van der Waals surface area contributed by atoms with E-state index in [1.165, 1.54) is 4.31 Å². The van der Waals surface area contributed by atoms with Crippen LogP contribution in [-0.2, 0) is 16.6 Å². The molecule has 140 valence electrons. The second kappa shape index (κ2) is 7.57. The highest BCUT2D eigenvalue weighted by atomic mass is 32.2. The number of rotatable bonds is 5. The Morgan fingerprint density at radius 2 is 1.37 bits per heavy atom. The minimum atomic E-state index is -3.69. The zero-order chi connectivity index (χ0) is 19.6. The van der Waals surface area contributed by atoms with Crippen LogP contribution in [0.4, 0.5) is 5.69 Å². The van der Waals surface area contributed by atoms with E-state index in [-0.39, 0.29) is 0 Å². The van der Waals surface area contributed by atoms with Gasteiger partial charge in [-0.05, 0) is 62.6 Å². The van der Waals surface area contributed by atoms with Crippen LogP contribution in [0, 0.1) is 27.7 Å². The lowest BCUT2D eigenvalue weighted by Crippen LogP contribution is -2.31. The second-order valence-electron chi connectivity index (χ2n) is 7.04. The predicted octanol–water partition coefficient (Wildman–Crippen LogP) is 5.32. The quantitative estimate of drug-likeness (QED) is 0.602. The number of nitrogens with zero attached hydrogens (tertiary/aromatic N) is 1. The molecule has 0 atom stereocenters. The SMILES string of the molecule is Cc1ccc(S(=O)(=O)N(Cc2ccccc2C)c2ccc(C)cc2C)cc1. The molecule has 0 aliphatic rings. The maximum atomic E-state index is 13.5. The van der Waals surface area contributed by atoms with Crippen molar-refractivity contribution in [2.45, 2.75) is 39.1 Å². The molecular weight excluding hydrogens is 354 g/mol. The Balaban J connectivity index is 2.14. The van der Waals surface area contributed by atoms with E-state index < -0.39 is 10.0 Å². The van der Waals surface area contributed by atoms with E-state index in [9.17, 15) is 8.42 Å². The zero-order valence-corrected chi connectivity index (χ0v) is 17.0. The molecule has 0 aromatic heterocycles. The third-order valence-electron chi connectivity index (χ3n) is 4.81. The van der Waals surface area contributed by atoms with Crippen molar-refractivity contribution in [1.82, 2.24) is 0 Å². The van der Waals surface area contributed by atoms with Crippen LogP contribution >= 0.6 is 0 Å². The summed E-state index contributed by atoms with van der Waals surface area (Å²) in [6, 6.07) is 20.8. The van der Waals surface area contributed by atoms with Crippen molar-refractivity contribution >= 4 is 15.7 Å². The average molecular weight is 380 g/mol. The van der Waals surface area contributed by atoms with Crippen molar-refractivity contribution in [3.05, 3.63) is 94.5 Å². The van der Waals surface area contributed by atoms with Crippen LogP contribution in [0.1, 0.15) is 27.8 Å². The first kappa shape index (κ1) is 19.2. The lowest BCUT2D eigenvalue weighted by atomic mass is 10.1. The molecule has 4 heteroatoms. The monoisotopic (exact) mass is 379 g/mol. The largest absolute Gasteiger partial charge is 0.264 e. The molecule has 3 nitrogen and oxygen atoms in total. The number of sulfonamides is 1. The highest BCUT2D eigenvalue weighted by Gasteiger charge is 2.26. The number of hydrogen-bond donors (Lipinski definition) is 0. The number of benzene rings is 3. The van der Waals surface area contributed by atoms with E-state index in [1.807, 2.05) is 82.3 Å². The summed E-state index contributed by atoms with van der Waals surface area (Å²) < 4.78 is 28.6. The van der Waals surface area contributed by atoms with Crippen LogP contribution in [0.5, 0.6) is 0 Å². The van der Waals surface area contributed by atoms with E-state index in [0.29, 0.717) is 17.1 Å². The molecule has 3 rings (SSSR count). The van der Waals surface area contributed by atoms with Gasteiger partial charge in [-0.3, -0.25) is 4.31 Å². The zero-order valence-electron chi connectivity index (χ0n) is 16.2. The summed E-state index contributed by atoms with van der Waals surface area (Å²) in [5.74, 6) is 0. The van der Waals surface area contributed by atoms with E-state index >= 15 is 0 Å². The molecule has 0 aliphatic heterocycles. The molecule has 0 saturated carbocycles. The number of anilines is 1. The molecule has 0 fully saturated rings. The van der Waals surface area contributed by atoms with Crippen molar-refractivity contribution in [1.29, 1.82) is 0 Å². The van der Waals surface area contributed by atoms with Gasteiger partial charge in [-0.25, -0.2) is 8.42 Å². The first-order chi connectivity index (χ1) is 12.8. The van der Waals surface area contributed by atoms with Crippen LogP contribution < -0.4 is 4.31 Å². The van der Waals surface area contributed by atoms with Crippen molar-refractivity contribution < 1.29 is 8.42 Å². The fourth-order valence-electron chi connectivity index (χ4n) is 3.16. The Morgan fingerprint density at radius 1 is 0.741 bits per heavy atom. The van der Waals surface area contributed by atoms with Gasteiger partial charge >= 0.3 is 0 Å². The maximum Gasteiger partial charge on any atom is 0.264 e. The molecule has 0 spiro atoms. The van der Waals surface area contributed by atoms with Gasteiger partial charge in [-0.1, -0.05) is 59.7 Å². The maximum absolute atomic E-state index is 13.5. The van der Waals surface area contributed by atoms with Gasteiger partial charge < -0.3 is 0 Å². The Hall–Kier alpha value is -2.59. The summed E-state index contributed by atoms with van der Waals surface area (Å²) in [6.45, 7) is 8.22. The van der Waals surface area contributed by atoms with E-state index in [1.54, 1.807) is 12.1 Å². The molecule has 0 saturated heterocycles. The summed E-state index contributed by atoms with van der Waals surface area (Å²) in [6.07, 6.45) is 0. The minimum Gasteiger partial charge on any atom is -0.262 e. The summed E-state index contributed by atoms with van der Waals surface area (Å²) >= 11 is 0. The average Bonchev–Trinajstić information content (AvgIpc) is 2.62. The van der Waals surface area contributed by atoms with Crippen LogP contribution in [0.3, 0.4) is 0 Å². The van der Waals surface area contributed by atoms with E-state index in [0.717, 1.165) is 27.8 Å². The van der Waals surface area contributed by atoms with Crippen LogP contribution in [-0.4, -0.2) is 8.42 Å². The molecular formula is C23H25NO2S. The lowest BCUT2D eigenvalue weighted by molar-refractivity contribution is 0.590. The summed E-state index contributed by atoms with van der Waals surface area (Å²) in [5, 5.41) is 0. The molecule has 0 aliphatic carbocycles. The van der Waals surface area contributed by atoms with E-state index in [2.05, 4.69) is 0 Å². The Kier molecular flexibility index (Phi) is 5.38. The first-order valence-corrected chi connectivity index (χ1v) is 10.4. The van der Waals surface area contributed by atoms with Crippen molar-refractivity contribution in [2.24, 2.45) is 0 Å². The van der Waals surface area contributed by atoms with Crippen molar-refractivity contribution in [3.8, 4) is 0 Å². The number of aryl methyl sites for hydroxylation is 4. The molecule has 0 heterocycles. The van der Waals surface area contributed by atoms with E-state index in [4.69, 9.17) is 0 Å². The minimum absolute atomic E-state index is 0.298. The van der Waals surface area contributed by atoms with Gasteiger partial charge in [0, 0.05) is 0 Å². The standard InChI is InChI=1S/C23H25NO2S/c1-17-9-12-22(13-10-17)27(25,26)24(16-21-8-6-5-7-19(21)3)23-14-11-18(2)15-20(23)4/h5-15H,16H2,1-4H3. The molecule has 0 radical (unpaired) electrons. The molecule has 0 unspecified atom stereocenters. The van der Waals surface area contributed by atoms with Crippen molar-refractivity contribution in [2.75, 3.05) is 4.31 Å². The smallest absolute Gasteiger partial charge is 0.262 e. The summed E-state index contributed by atoms with van der Waals surface area (Å²) in [5.41, 5.74) is 5.87. The van der Waals surface area contributed by atoms with Gasteiger partial charge in [0.1, 0.15) is 0 Å². The van der Waals surface area contributed by atoms with Gasteiger partial charge in [-0.2, -0.15) is 0 Å². The fourth-order valence-corrected chi connectivity index (χ4v) is 4.67. The second-order valence-corrected chi connectivity index (χ2v) is 8.90. The third-order valence-corrected chi connectivity index (χ3v) is 6.58.